The first kappa shape index (κ1) is 22.4. The van der Waals surface area contributed by atoms with Crippen LogP contribution < -0.4 is 0 Å². The summed E-state index contributed by atoms with van der Waals surface area (Å²) in [5, 5.41) is 1.85. The van der Waals surface area contributed by atoms with Crippen molar-refractivity contribution in [2.24, 2.45) is 0 Å². The molecule has 5 heteroatoms. The van der Waals surface area contributed by atoms with Crippen LogP contribution in [0.4, 0.5) is 0 Å². The van der Waals surface area contributed by atoms with Gasteiger partial charge in [-0.15, -0.1) is 0 Å². The smallest absolute Gasteiger partial charge is 0.340 e. The standard InChI is InChI=1S/C25H31ClN2O2/c1-6-10-19-22-16(5)28(15-17-11-13-18(26)14-12-17)21(8-3)24(22)27-20(7-2)23(19)25(29)30-9-4/h11-14H,6-10,15H2,1-5H3. The maximum atomic E-state index is 12.9. The van der Waals surface area contributed by atoms with E-state index in [4.69, 9.17) is 21.3 Å². The number of aryl methyl sites for hydroxylation is 4. The molecule has 0 spiro atoms. The number of pyridine rings is 1. The fraction of sp³-hybridized carbons (Fsp3) is 0.440. The van der Waals surface area contributed by atoms with Gasteiger partial charge in [0.15, 0.2) is 0 Å². The van der Waals surface area contributed by atoms with Crippen LogP contribution in [-0.4, -0.2) is 22.1 Å². The van der Waals surface area contributed by atoms with Crippen LogP contribution in [-0.2, 0) is 30.5 Å². The number of ether oxygens (including phenoxy) is 1. The van der Waals surface area contributed by atoms with Crippen LogP contribution in [0.15, 0.2) is 24.3 Å². The minimum atomic E-state index is -0.255. The second-order valence-electron chi connectivity index (χ2n) is 7.56. The third kappa shape index (κ3) is 4.11. The fourth-order valence-electron chi connectivity index (χ4n) is 4.30. The van der Waals surface area contributed by atoms with Crippen molar-refractivity contribution in [3.05, 3.63) is 63.1 Å². The molecule has 1 aromatic carbocycles. The molecular weight excluding hydrogens is 396 g/mol. The molecule has 0 aliphatic heterocycles. The maximum Gasteiger partial charge on any atom is 0.340 e. The highest BCUT2D eigenvalue weighted by Crippen LogP contribution is 2.34. The molecule has 4 nitrogen and oxygen atoms in total. The van der Waals surface area contributed by atoms with E-state index in [2.05, 4.69) is 44.4 Å². The molecule has 3 aromatic rings. The first-order chi connectivity index (χ1) is 14.5. The largest absolute Gasteiger partial charge is 0.462 e. The second-order valence-corrected chi connectivity index (χ2v) is 7.99. The SMILES string of the molecule is CCCc1c(C(=O)OCC)c(CC)nc2c(CC)n(Cc3ccc(Cl)cc3)c(C)c12. The van der Waals surface area contributed by atoms with Gasteiger partial charge in [0.05, 0.1) is 23.4 Å². The Morgan fingerprint density at radius 2 is 1.80 bits per heavy atom. The molecule has 0 saturated carbocycles. The van der Waals surface area contributed by atoms with Gasteiger partial charge in [0.25, 0.3) is 0 Å². The molecule has 0 unspecified atom stereocenters. The summed E-state index contributed by atoms with van der Waals surface area (Å²) in [5.41, 5.74) is 7.17. The second kappa shape index (κ2) is 9.65. The van der Waals surface area contributed by atoms with Crippen molar-refractivity contribution in [3.8, 4) is 0 Å². The van der Waals surface area contributed by atoms with Crippen LogP contribution in [0.2, 0.25) is 5.02 Å². The lowest BCUT2D eigenvalue weighted by atomic mass is 9.96. The summed E-state index contributed by atoms with van der Waals surface area (Å²) in [6, 6.07) is 7.98. The van der Waals surface area contributed by atoms with E-state index in [0.29, 0.717) is 18.6 Å². The molecule has 0 amide bonds. The van der Waals surface area contributed by atoms with Crippen molar-refractivity contribution in [3.63, 3.8) is 0 Å². The third-order valence-electron chi connectivity index (χ3n) is 5.64. The average Bonchev–Trinajstić information content (AvgIpc) is 3.00. The summed E-state index contributed by atoms with van der Waals surface area (Å²) in [7, 11) is 0. The van der Waals surface area contributed by atoms with Crippen molar-refractivity contribution in [1.82, 2.24) is 9.55 Å². The number of esters is 1. The molecule has 0 fully saturated rings. The Hall–Kier alpha value is -2.33. The predicted molar refractivity (Wildman–Crippen MR) is 124 cm³/mol. The van der Waals surface area contributed by atoms with Crippen LogP contribution >= 0.6 is 11.6 Å². The van der Waals surface area contributed by atoms with E-state index < -0.39 is 0 Å². The lowest BCUT2D eigenvalue weighted by Crippen LogP contribution is -2.14. The lowest BCUT2D eigenvalue weighted by Gasteiger charge is -2.14. The Morgan fingerprint density at radius 1 is 1.10 bits per heavy atom. The van der Waals surface area contributed by atoms with Crippen LogP contribution in [0, 0.1) is 6.92 Å². The molecule has 0 saturated heterocycles. The van der Waals surface area contributed by atoms with Crippen LogP contribution in [0.1, 0.15) is 72.7 Å². The first-order valence-corrected chi connectivity index (χ1v) is 11.3. The number of hydrogen-bond acceptors (Lipinski definition) is 3. The number of halogens is 1. The molecule has 0 radical (unpaired) electrons. The summed E-state index contributed by atoms with van der Waals surface area (Å²) in [5.74, 6) is -0.255. The highest BCUT2D eigenvalue weighted by molar-refractivity contribution is 6.30. The van der Waals surface area contributed by atoms with Crippen molar-refractivity contribution in [2.75, 3.05) is 6.61 Å². The molecule has 0 aliphatic carbocycles. The zero-order valence-corrected chi connectivity index (χ0v) is 19.4. The van der Waals surface area contributed by atoms with Gasteiger partial charge < -0.3 is 9.30 Å². The number of rotatable bonds is 8. The van der Waals surface area contributed by atoms with E-state index in [9.17, 15) is 4.79 Å². The number of benzene rings is 1. The van der Waals surface area contributed by atoms with E-state index in [1.807, 2.05) is 19.1 Å². The minimum Gasteiger partial charge on any atom is -0.462 e. The van der Waals surface area contributed by atoms with Gasteiger partial charge in [0.2, 0.25) is 0 Å². The van der Waals surface area contributed by atoms with Crippen molar-refractivity contribution >= 4 is 28.5 Å². The van der Waals surface area contributed by atoms with Gasteiger partial charge in [-0.2, -0.15) is 0 Å². The molecule has 0 atom stereocenters. The molecule has 30 heavy (non-hydrogen) atoms. The van der Waals surface area contributed by atoms with Gasteiger partial charge >= 0.3 is 5.97 Å². The lowest BCUT2D eigenvalue weighted by molar-refractivity contribution is 0.0523. The van der Waals surface area contributed by atoms with Crippen molar-refractivity contribution < 1.29 is 9.53 Å². The van der Waals surface area contributed by atoms with Crippen LogP contribution in [0.3, 0.4) is 0 Å². The van der Waals surface area contributed by atoms with Crippen molar-refractivity contribution in [2.45, 2.75) is 66.8 Å². The topological polar surface area (TPSA) is 44.1 Å². The zero-order chi connectivity index (χ0) is 21.8. The summed E-state index contributed by atoms with van der Waals surface area (Å²) in [6.45, 7) is 11.5. The van der Waals surface area contributed by atoms with E-state index in [1.165, 1.54) is 11.3 Å². The monoisotopic (exact) mass is 426 g/mol. The third-order valence-corrected chi connectivity index (χ3v) is 5.90. The zero-order valence-electron chi connectivity index (χ0n) is 18.6. The Morgan fingerprint density at radius 3 is 2.37 bits per heavy atom. The molecule has 2 heterocycles. The molecule has 0 bridgehead atoms. The summed E-state index contributed by atoms with van der Waals surface area (Å²) in [4.78, 5) is 17.9. The number of fused-ring (bicyclic) bond motifs is 1. The molecule has 0 aliphatic rings. The number of carbonyl (C=O) groups excluding carboxylic acids is 1. The molecular formula is C25H31ClN2O2. The first-order valence-electron chi connectivity index (χ1n) is 10.9. The van der Waals surface area contributed by atoms with Gasteiger partial charge in [-0.3, -0.25) is 4.98 Å². The van der Waals surface area contributed by atoms with E-state index in [-0.39, 0.29) is 5.97 Å². The molecule has 2 aromatic heterocycles. The Balaban J connectivity index is 2.29. The number of hydrogen-bond donors (Lipinski definition) is 0. The minimum absolute atomic E-state index is 0.255. The Labute approximate surface area is 184 Å². The predicted octanol–water partition coefficient (Wildman–Crippen LogP) is 6.30. The Kier molecular flexibility index (Phi) is 7.19. The van der Waals surface area contributed by atoms with Crippen LogP contribution in [0.5, 0.6) is 0 Å². The van der Waals surface area contributed by atoms with Crippen molar-refractivity contribution in [1.29, 1.82) is 0 Å². The molecule has 160 valence electrons. The summed E-state index contributed by atoms with van der Waals surface area (Å²) >= 11 is 6.07. The van der Waals surface area contributed by atoms with E-state index in [1.54, 1.807) is 0 Å². The maximum absolute atomic E-state index is 12.9. The fourth-order valence-corrected chi connectivity index (χ4v) is 4.42. The Bertz CT molecular complexity index is 1050. The normalized spacial score (nSPS) is 11.3. The van der Waals surface area contributed by atoms with E-state index >= 15 is 0 Å². The van der Waals surface area contributed by atoms with Gasteiger partial charge in [0, 0.05) is 28.3 Å². The highest BCUT2D eigenvalue weighted by atomic mass is 35.5. The molecule has 0 N–H and O–H groups in total. The van der Waals surface area contributed by atoms with Gasteiger partial charge in [0.1, 0.15) is 0 Å². The average molecular weight is 427 g/mol. The molecule has 3 rings (SSSR count). The van der Waals surface area contributed by atoms with Gasteiger partial charge in [-0.1, -0.05) is 50.9 Å². The number of aromatic nitrogens is 2. The number of nitrogens with zero attached hydrogens (tertiary/aromatic N) is 2. The number of carbonyl (C=O) groups is 1. The van der Waals surface area contributed by atoms with Gasteiger partial charge in [-0.05, 0) is 56.4 Å². The van der Waals surface area contributed by atoms with Gasteiger partial charge in [-0.25, -0.2) is 4.79 Å². The summed E-state index contributed by atoms with van der Waals surface area (Å²) in [6.07, 6.45) is 3.36. The summed E-state index contributed by atoms with van der Waals surface area (Å²) < 4.78 is 7.76. The quantitative estimate of drug-likeness (QED) is 0.397. The van der Waals surface area contributed by atoms with E-state index in [0.717, 1.165) is 58.7 Å². The highest BCUT2D eigenvalue weighted by Gasteiger charge is 2.26. The van der Waals surface area contributed by atoms with Crippen LogP contribution in [0.25, 0.3) is 10.9 Å².